The first-order chi connectivity index (χ1) is 10.3. The van der Waals surface area contributed by atoms with Gasteiger partial charge in [0, 0.05) is 11.1 Å². The van der Waals surface area contributed by atoms with Gasteiger partial charge in [0.15, 0.2) is 0 Å². The van der Waals surface area contributed by atoms with Crippen molar-refractivity contribution < 1.29 is 24.2 Å². The smallest absolute Gasteiger partial charge is 0.408 e. The zero-order valence-electron chi connectivity index (χ0n) is 14.6. The lowest BCUT2D eigenvalue weighted by Gasteiger charge is -2.33. The first-order valence-corrected chi connectivity index (χ1v) is 7.41. The second kappa shape index (κ2) is 6.52. The Morgan fingerprint density at radius 2 is 1.17 bits per heavy atom. The summed E-state index contributed by atoms with van der Waals surface area (Å²) in [6.45, 7) is 11.0. The monoisotopic (exact) mass is 326 g/mol. The molecule has 0 spiro atoms. The van der Waals surface area contributed by atoms with Gasteiger partial charge in [-0.15, -0.1) is 0 Å². The normalized spacial score (nSPS) is 12.1. The summed E-state index contributed by atoms with van der Waals surface area (Å²) in [5, 5.41) is 18.6. The molecule has 7 nitrogen and oxygen atoms in total. The van der Waals surface area contributed by atoms with Crippen LogP contribution in [-0.2, 0) is 13.1 Å². The van der Waals surface area contributed by atoms with Crippen LogP contribution in [0.15, 0.2) is 16.5 Å². The minimum atomic E-state index is -1.03. The molecule has 23 heavy (non-hydrogen) atoms. The fourth-order valence-electron chi connectivity index (χ4n) is 2.09. The Bertz CT molecular complexity index is 517. The van der Waals surface area contributed by atoms with Crippen molar-refractivity contribution >= 4 is 12.2 Å². The molecule has 7 heteroatoms. The molecule has 0 unspecified atom stereocenters. The van der Waals surface area contributed by atoms with Crippen LogP contribution in [0.2, 0.25) is 0 Å². The molecule has 0 atom stereocenters. The van der Waals surface area contributed by atoms with Gasteiger partial charge in [-0.05, 0) is 53.7 Å². The molecule has 0 saturated carbocycles. The van der Waals surface area contributed by atoms with Crippen LogP contribution in [0.5, 0.6) is 0 Å². The Kier molecular flexibility index (Phi) is 5.35. The van der Waals surface area contributed by atoms with E-state index in [9.17, 15) is 19.8 Å². The molecule has 0 bridgehead atoms. The van der Waals surface area contributed by atoms with Gasteiger partial charge in [-0.3, -0.25) is 9.80 Å². The second-order valence-corrected chi connectivity index (χ2v) is 7.45. The first kappa shape index (κ1) is 18.9. The molecule has 0 aliphatic rings. The Balaban J connectivity index is 2.89. The van der Waals surface area contributed by atoms with Crippen molar-refractivity contribution in [1.29, 1.82) is 0 Å². The highest BCUT2D eigenvalue weighted by Gasteiger charge is 2.29. The topological polar surface area (TPSA) is 94.2 Å². The molecule has 130 valence electrons. The Hall–Kier alpha value is -2.18. The van der Waals surface area contributed by atoms with E-state index < -0.39 is 23.3 Å². The Labute approximate surface area is 136 Å². The van der Waals surface area contributed by atoms with E-state index in [1.165, 1.54) is 9.80 Å². The maximum absolute atomic E-state index is 11.4. The van der Waals surface area contributed by atoms with Crippen molar-refractivity contribution in [2.45, 2.75) is 65.7 Å². The molecule has 1 rings (SSSR count). The third-order valence-corrected chi connectivity index (χ3v) is 3.43. The SMILES string of the molecule is CC(C)(C)N(Cc1ccc(CN(C(=O)O)C(C)(C)C)o1)C(=O)O. The van der Waals surface area contributed by atoms with E-state index >= 15 is 0 Å². The molecule has 1 aromatic heterocycles. The largest absolute Gasteiger partial charge is 0.465 e. The Morgan fingerprint density at radius 3 is 1.39 bits per heavy atom. The molecule has 0 aliphatic carbocycles. The van der Waals surface area contributed by atoms with Gasteiger partial charge in [0.25, 0.3) is 0 Å². The van der Waals surface area contributed by atoms with Crippen molar-refractivity contribution in [1.82, 2.24) is 9.80 Å². The minimum absolute atomic E-state index is 0.113. The number of carboxylic acid groups (broad SMARTS) is 2. The van der Waals surface area contributed by atoms with Gasteiger partial charge in [0.05, 0.1) is 13.1 Å². The predicted molar refractivity (Wildman–Crippen MR) is 85.3 cm³/mol. The third-order valence-electron chi connectivity index (χ3n) is 3.43. The van der Waals surface area contributed by atoms with Crippen LogP contribution in [0.1, 0.15) is 53.1 Å². The number of carbonyl (C=O) groups is 2. The number of rotatable bonds is 4. The van der Waals surface area contributed by atoms with E-state index in [1.54, 1.807) is 53.7 Å². The van der Waals surface area contributed by atoms with Gasteiger partial charge in [0.2, 0.25) is 0 Å². The summed E-state index contributed by atoms with van der Waals surface area (Å²) in [7, 11) is 0. The number of amides is 2. The molecule has 2 N–H and O–H groups in total. The highest BCUT2D eigenvalue weighted by molar-refractivity contribution is 5.66. The summed E-state index contributed by atoms with van der Waals surface area (Å²) in [6.07, 6.45) is -2.06. The van der Waals surface area contributed by atoms with Crippen molar-refractivity contribution in [2.24, 2.45) is 0 Å². The molecule has 0 aromatic carbocycles. The number of hydrogen-bond acceptors (Lipinski definition) is 3. The minimum Gasteiger partial charge on any atom is -0.465 e. The van der Waals surface area contributed by atoms with E-state index in [2.05, 4.69) is 0 Å². The summed E-state index contributed by atoms with van der Waals surface area (Å²) in [5.41, 5.74) is -1.12. The summed E-state index contributed by atoms with van der Waals surface area (Å²) in [4.78, 5) is 25.3. The van der Waals surface area contributed by atoms with E-state index in [4.69, 9.17) is 4.42 Å². The molecule has 1 heterocycles. The number of nitrogens with zero attached hydrogens (tertiary/aromatic N) is 2. The fraction of sp³-hybridized carbons (Fsp3) is 0.625. The first-order valence-electron chi connectivity index (χ1n) is 7.41. The van der Waals surface area contributed by atoms with Crippen LogP contribution in [-0.4, -0.2) is 43.3 Å². The van der Waals surface area contributed by atoms with Crippen molar-refractivity contribution in [3.8, 4) is 0 Å². The lowest BCUT2D eigenvalue weighted by atomic mass is 10.1. The van der Waals surface area contributed by atoms with Crippen LogP contribution in [0, 0.1) is 0 Å². The molecular weight excluding hydrogens is 300 g/mol. The zero-order valence-corrected chi connectivity index (χ0v) is 14.6. The second-order valence-electron chi connectivity index (χ2n) is 7.45. The fourth-order valence-corrected chi connectivity index (χ4v) is 2.09. The summed E-state index contributed by atoms with van der Waals surface area (Å²) >= 11 is 0. The molecule has 0 fully saturated rings. The lowest BCUT2D eigenvalue weighted by molar-refractivity contribution is 0.0855. The summed E-state index contributed by atoms with van der Waals surface area (Å²) in [5.74, 6) is 0.966. The quantitative estimate of drug-likeness (QED) is 0.876. The third kappa shape index (κ3) is 5.19. The standard InChI is InChI=1S/C16H26N2O5/c1-15(2,3)17(13(19)20)9-11-7-8-12(23-11)10-18(14(21)22)16(4,5)6/h7-8H,9-10H2,1-6H3,(H,19,20)(H,21,22). The highest BCUT2D eigenvalue weighted by atomic mass is 16.4. The van der Waals surface area contributed by atoms with E-state index in [0.717, 1.165) is 0 Å². The lowest BCUT2D eigenvalue weighted by Crippen LogP contribution is -2.44. The maximum Gasteiger partial charge on any atom is 0.408 e. The van der Waals surface area contributed by atoms with Crippen LogP contribution in [0.3, 0.4) is 0 Å². The van der Waals surface area contributed by atoms with Gasteiger partial charge in [-0.25, -0.2) is 9.59 Å². The molecule has 0 saturated heterocycles. The molecule has 1 aromatic rings. The van der Waals surface area contributed by atoms with Crippen LogP contribution in [0.25, 0.3) is 0 Å². The molecular formula is C16H26N2O5. The average molecular weight is 326 g/mol. The average Bonchev–Trinajstić information content (AvgIpc) is 2.77. The summed E-state index contributed by atoms with van der Waals surface area (Å²) in [6, 6.07) is 3.36. The number of furan rings is 1. The Morgan fingerprint density at radius 1 is 0.870 bits per heavy atom. The van der Waals surface area contributed by atoms with Crippen LogP contribution < -0.4 is 0 Å². The highest BCUT2D eigenvalue weighted by Crippen LogP contribution is 2.22. The van der Waals surface area contributed by atoms with Gasteiger partial charge in [-0.1, -0.05) is 0 Å². The maximum atomic E-state index is 11.4. The van der Waals surface area contributed by atoms with E-state index in [1.807, 2.05) is 0 Å². The van der Waals surface area contributed by atoms with Crippen molar-refractivity contribution in [2.75, 3.05) is 0 Å². The zero-order chi connectivity index (χ0) is 18.0. The predicted octanol–water partition coefficient (Wildman–Crippen LogP) is 3.84. The van der Waals surface area contributed by atoms with E-state index in [0.29, 0.717) is 11.5 Å². The number of hydrogen-bond donors (Lipinski definition) is 2. The molecule has 0 radical (unpaired) electrons. The van der Waals surface area contributed by atoms with Gasteiger partial charge < -0.3 is 14.6 Å². The van der Waals surface area contributed by atoms with Crippen molar-refractivity contribution in [3.05, 3.63) is 23.7 Å². The summed E-state index contributed by atoms with van der Waals surface area (Å²) < 4.78 is 5.63. The van der Waals surface area contributed by atoms with Gasteiger partial charge >= 0.3 is 12.2 Å². The van der Waals surface area contributed by atoms with Crippen LogP contribution in [0.4, 0.5) is 9.59 Å². The van der Waals surface area contributed by atoms with E-state index in [-0.39, 0.29) is 13.1 Å². The van der Waals surface area contributed by atoms with Crippen molar-refractivity contribution in [3.63, 3.8) is 0 Å². The molecule has 2 amide bonds. The molecule has 0 aliphatic heterocycles. The van der Waals surface area contributed by atoms with Crippen LogP contribution >= 0.6 is 0 Å². The van der Waals surface area contributed by atoms with Gasteiger partial charge in [0.1, 0.15) is 11.5 Å². The van der Waals surface area contributed by atoms with Gasteiger partial charge in [-0.2, -0.15) is 0 Å².